The van der Waals surface area contributed by atoms with E-state index in [0.29, 0.717) is 0 Å². The van der Waals surface area contributed by atoms with Crippen LogP contribution >= 0.6 is 0 Å². The van der Waals surface area contributed by atoms with Crippen LogP contribution in [0.15, 0.2) is 0 Å². The van der Waals surface area contributed by atoms with Crippen molar-refractivity contribution < 1.29 is 88.7 Å². The van der Waals surface area contributed by atoms with Crippen LogP contribution in [-0.2, 0) is 31.1 Å². The predicted octanol–water partition coefficient (Wildman–Crippen LogP) is -2.10. The summed E-state index contributed by atoms with van der Waals surface area (Å²) in [5.74, 6) is -14.1. The van der Waals surface area contributed by atoms with E-state index in [1.54, 1.807) is 13.8 Å². The fourth-order valence-electron chi connectivity index (χ4n) is 3.71. The molecule has 3 amide bonds. The summed E-state index contributed by atoms with van der Waals surface area (Å²) < 4.78 is 106. The standard InChI is InChI=1S/C21H26F5N3O8S.Na/c1-8(2)5-11(29-21(33)37-7-10-13(22)15(24)17(26)16(25)14(10)23)19(31)28-12(20(32)38(34,35)36)6-9-3-4-27-18(9)30;/h8-9,11-12,20,32H,3-7H2,1-2H3,(H,27,30)(H,28,31)(H,29,33)(H,34,35,36);/q;+1/p-1/t9?,11-,12-,20?;/m0./s1. The molecule has 18 heteroatoms. The van der Waals surface area contributed by atoms with Gasteiger partial charge >= 0.3 is 35.7 Å². The topological polar surface area (TPSA) is 174 Å². The van der Waals surface area contributed by atoms with E-state index in [9.17, 15) is 54.4 Å². The summed E-state index contributed by atoms with van der Waals surface area (Å²) in [4.78, 5) is 36.9. The van der Waals surface area contributed by atoms with Crippen LogP contribution in [0.2, 0.25) is 0 Å². The Bertz CT molecular complexity index is 1160. The van der Waals surface area contributed by atoms with Crippen molar-refractivity contribution in [3.8, 4) is 0 Å². The molecule has 4 atom stereocenters. The number of ether oxygens (including phenoxy) is 1. The first-order chi connectivity index (χ1) is 17.5. The van der Waals surface area contributed by atoms with Gasteiger partial charge < -0.3 is 30.3 Å². The molecule has 2 rings (SSSR count). The minimum absolute atomic E-state index is 0. The molecule has 0 aliphatic carbocycles. The van der Waals surface area contributed by atoms with Crippen LogP contribution < -0.4 is 45.5 Å². The third-order valence-corrected chi connectivity index (χ3v) is 6.55. The van der Waals surface area contributed by atoms with Crippen molar-refractivity contribution >= 4 is 28.0 Å². The average molecular weight is 597 g/mol. The number of rotatable bonds is 11. The molecule has 1 aromatic carbocycles. The van der Waals surface area contributed by atoms with Crippen LogP contribution in [0.4, 0.5) is 26.7 Å². The number of nitrogens with one attached hydrogen (secondary N) is 3. The van der Waals surface area contributed by atoms with Gasteiger partial charge in [-0.05, 0) is 25.2 Å². The maximum Gasteiger partial charge on any atom is 1.00 e. The minimum Gasteiger partial charge on any atom is -0.746 e. The summed E-state index contributed by atoms with van der Waals surface area (Å²) in [6.45, 7) is 2.07. The Labute approximate surface area is 242 Å². The zero-order chi connectivity index (χ0) is 28.9. The van der Waals surface area contributed by atoms with Gasteiger partial charge in [0.15, 0.2) is 28.7 Å². The van der Waals surface area contributed by atoms with Gasteiger partial charge in [0.1, 0.15) is 22.8 Å². The van der Waals surface area contributed by atoms with Crippen molar-refractivity contribution in [1.29, 1.82) is 0 Å². The summed E-state index contributed by atoms with van der Waals surface area (Å²) >= 11 is 0. The van der Waals surface area contributed by atoms with E-state index in [1.807, 2.05) is 5.32 Å². The largest absolute Gasteiger partial charge is 1.00 e. The number of halogens is 5. The van der Waals surface area contributed by atoms with Gasteiger partial charge in [0.05, 0.1) is 11.6 Å². The molecule has 11 nitrogen and oxygen atoms in total. The predicted molar refractivity (Wildman–Crippen MR) is 116 cm³/mol. The zero-order valence-electron chi connectivity index (χ0n) is 21.0. The summed E-state index contributed by atoms with van der Waals surface area (Å²) in [5.41, 5.74) is -4.08. The summed E-state index contributed by atoms with van der Waals surface area (Å²) in [7, 11) is -5.35. The Morgan fingerprint density at radius 2 is 1.62 bits per heavy atom. The number of alkyl carbamates (subject to hydrolysis) is 1. The minimum atomic E-state index is -5.35. The molecule has 4 N–H and O–H groups in total. The monoisotopic (exact) mass is 597 g/mol. The van der Waals surface area contributed by atoms with Crippen molar-refractivity contribution in [2.45, 2.75) is 57.2 Å². The molecule has 0 radical (unpaired) electrons. The van der Waals surface area contributed by atoms with Gasteiger partial charge in [-0.2, -0.15) is 0 Å². The molecule has 0 spiro atoms. The number of carbonyl (C=O) groups excluding carboxylic acids is 3. The third-order valence-electron chi connectivity index (χ3n) is 5.63. The van der Waals surface area contributed by atoms with E-state index in [2.05, 4.69) is 15.4 Å². The number of benzene rings is 1. The van der Waals surface area contributed by atoms with Crippen molar-refractivity contribution in [1.82, 2.24) is 16.0 Å². The fourth-order valence-corrected chi connectivity index (χ4v) is 4.29. The molecule has 0 bridgehead atoms. The fraction of sp³-hybridized carbons (Fsp3) is 0.571. The van der Waals surface area contributed by atoms with Gasteiger partial charge in [-0.25, -0.2) is 35.2 Å². The molecule has 2 unspecified atom stereocenters. The molecule has 1 fully saturated rings. The first kappa shape index (κ1) is 35.0. The van der Waals surface area contributed by atoms with Crippen LogP contribution in [0.3, 0.4) is 0 Å². The number of carbonyl (C=O) groups is 3. The van der Waals surface area contributed by atoms with Crippen LogP contribution in [0.1, 0.15) is 38.7 Å². The number of aliphatic hydroxyl groups is 1. The van der Waals surface area contributed by atoms with Crippen molar-refractivity contribution in [2.75, 3.05) is 6.54 Å². The van der Waals surface area contributed by atoms with E-state index in [1.165, 1.54) is 0 Å². The van der Waals surface area contributed by atoms with E-state index >= 15 is 0 Å². The van der Waals surface area contributed by atoms with E-state index in [0.717, 1.165) is 0 Å². The van der Waals surface area contributed by atoms with Gasteiger partial charge in [-0.15, -0.1) is 0 Å². The van der Waals surface area contributed by atoms with Gasteiger partial charge in [-0.3, -0.25) is 9.59 Å². The number of amides is 3. The molecule has 1 aliphatic heterocycles. The second-order valence-corrected chi connectivity index (χ2v) is 10.4. The molecule has 214 valence electrons. The molecule has 1 aromatic rings. The van der Waals surface area contributed by atoms with Crippen molar-refractivity contribution in [2.24, 2.45) is 11.8 Å². The molecule has 0 aromatic heterocycles. The second-order valence-electron chi connectivity index (χ2n) is 8.96. The summed E-state index contributed by atoms with van der Waals surface area (Å²) in [6, 6.07) is -3.28. The molecule has 39 heavy (non-hydrogen) atoms. The summed E-state index contributed by atoms with van der Waals surface area (Å²) in [5, 5.41) is 16.6. The number of aliphatic hydroxyl groups excluding tert-OH is 1. The third kappa shape index (κ3) is 9.24. The van der Waals surface area contributed by atoms with E-state index < -0.39 is 99.1 Å². The molecular formula is C21H25F5N3NaO8S. The maximum absolute atomic E-state index is 13.8. The van der Waals surface area contributed by atoms with Crippen molar-refractivity contribution in [3.05, 3.63) is 34.6 Å². The van der Waals surface area contributed by atoms with Crippen LogP contribution in [-0.4, -0.2) is 60.0 Å². The molecule has 0 saturated carbocycles. The molecule has 1 saturated heterocycles. The van der Waals surface area contributed by atoms with Gasteiger partial charge in [0.25, 0.3) is 0 Å². The number of hydrogen-bond acceptors (Lipinski definition) is 8. The first-order valence-corrected chi connectivity index (χ1v) is 12.7. The Balaban J connectivity index is 0.00000760. The smallest absolute Gasteiger partial charge is 0.746 e. The zero-order valence-corrected chi connectivity index (χ0v) is 23.8. The molecule has 1 heterocycles. The molecular weight excluding hydrogens is 572 g/mol. The van der Waals surface area contributed by atoms with Crippen LogP contribution in [0.5, 0.6) is 0 Å². The van der Waals surface area contributed by atoms with Crippen molar-refractivity contribution in [3.63, 3.8) is 0 Å². The van der Waals surface area contributed by atoms with Gasteiger partial charge in [-0.1, -0.05) is 13.8 Å². The SMILES string of the molecule is CC(C)C[C@H](NC(=O)OCc1c(F)c(F)c(F)c(F)c1F)C(=O)N[C@@H](CC1CCNC1=O)C(O)S(=O)(=O)[O-].[Na+]. The normalized spacial score (nSPS) is 17.6. The van der Waals surface area contributed by atoms with E-state index in [4.69, 9.17) is 0 Å². The quantitative estimate of drug-likeness (QED) is 0.0738. The second kappa shape index (κ2) is 14.5. The van der Waals surface area contributed by atoms with Gasteiger partial charge in [0.2, 0.25) is 17.6 Å². The molecule has 1 aliphatic rings. The Hall–Kier alpha value is -2.05. The van der Waals surface area contributed by atoms with Crippen LogP contribution in [0, 0.1) is 40.9 Å². The maximum atomic E-state index is 13.8. The van der Waals surface area contributed by atoms with E-state index in [-0.39, 0.29) is 54.9 Å². The van der Waals surface area contributed by atoms with Gasteiger partial charge in [0, 0.05) is 12.5 Å². The summed E-state index contributed by atoms with van der Waals surface area (Å²) in [6.07, 6.45) is -1.85. The Morgan fingerprint density at radius 1 is 1.08 bits per heavy atom. The first-order valence-electron chi connectivity index (χ1n) is 11.2. The number of hydrogen-bond donors (Lipinski definition) is 4. The average Bonchev–Trinajstić information content (AvgIpc) is 3.23. The van der Waals surface area contributed by atoms with Crippen LogP contribution in [0.25, 0.3) is 0 Å². The Morgan fingerprint density at radius 3 is 2.08 bits per heavy atom. The Kier molecular flexibility index (Phi) is 13.0.